The zero-order valence-corrected chi connectivity index (χ0v) is 15.1. The molecule has 2 nitrogen and oxygen atoms in total. The summed E-state index contributed by atoms with van der Waals surface area (Å²) in [7, 11) is -2.31. The van der Waals surface area contributed by atoms with E-state index < -0.39 is 19.1 Å². The summed E-state index contributed by atoms with van der Waals surface area (Å²) in [6, 6.07) is 0.517. The molecule has 1 aliphatic rings. The zero-order valence-electron chi connectivity index (χ0n) is 13.3. The van der Waals surface area contributed by atoms with Crippen molar-refractivity contribution in [2.75, 3.05) is 0 Å². The number of allylic oxidation sites excluding steroid dienone is 1. The van der Waals surface area contributed by atoms with E-state index in [9.17, 15) is 4.21 Å². The van der Waals surface area contributed by atoms with Crippen molar-refractivity contribution in [3.8, 4) is 11.5 Å². The predicted octanol–water partition coefficient (Wildman–Crippen LogP) is 3.35. The lowest BCUT2D eigenvalue weighted by atomic mass is 10.2. The highest BCUT2D eigenvalue weighted by Gasteiger charge is 2.52. The lowest BCUT2D eigenvalue weighted by Crippen LogP contribution is -2.28. The molecule has 108 valence electrons. The molecule has 0 aromatic carbocycles. The van der Waals surface area contributed by atoms with Crippen molar-refractivity contribution in [3.05, 3.63) is 12.2 Å². The van der Waals surface area contributed by atoms with Crippen LogP contribution in [0.2, 0.25) is 19.6 Å². The summed E-state index contributed by atoms with van der Waals surface area (Å²) in [5, 5.41) is 0. The average molecular weight is 298 g/mol. The fraction of sp³-hybridized carbons (Fsp3) is 0.733. The molecule has 1 rings (SSSR count). The van der Waals surface area contributed by atoms with Crippen LogP contribution in [0.1, 0.15) is 34.1 Å². The van der Waals surface area contributed by atoms with E-state index in [0.717, 1.165) is 6.42 Å². The smallest absolute Gasteiger partial charge is 0.129 e. The molecular weight excluding hydrogens is 270 g/mol. The summed E-state index contributed by atoms with van der Waals surface area (Å²) in [4.78, 5) is 0. The molecule has 1 heterocycles. The molecule has 1 unspecified atom stereocenters. The van der Waals surface area contributed by atoms with E-state index in [0.29, 0.717) is 6.04 Å². The highest BCUT2D eigenvalue weighted by Crippen LogP contribution is 2.37. The van der Waals surface area contributed by atoms with Gasteiger partial charge in [0.1, 0.15) is 19.1 Å². The van der Waals surface area contributed by atoms with Gasteiger partial charge in [-0.05, 0) is 34.1 Å². The summed E-state index contributed by atoms with van der Waals surface area (Å²) in [6.45, 7) is 14.8. The molecule has 0 bridgehead atoms. The van der Waals surface area contributed by atoms with Crippen LogP contribution in [0.3, 0.4) is 0 Å². The second-order valence-corrected chi connectivity index (χ2v) is 14.0. The summed E-state index contributed by atoms with van der Waals surface area (Å²) < 4.78 is 14.4. The van der Waals surface area contributed by atoms with Crippen LogP contribution >= 0.6 is 0 Å². The maximum absolute atomic E-state index is 12.5. The highest BCUT2D eigenvalue weighted by molar-refractivity contribution is 7.84. The summed E-state index contributed by atoms with van der Waals surface area (Å²) >= 11 is 0. The second-order valence-electron chi connectivity index (χ2n) is 7.06. The quantitative estimate of drug-likeness (QED) is 0.338. The molecular formula is C15H27NOSSi. The molecule has 0 N–H and O–H groups in total. The lowest BCUT2D eigenvalue weighted by Gasteiger charge is -2.18. The van der Waals surface area contributed by atoms with Gasteiger partial charge in [-0.1, -0.05) is 37.7 Å². The van der Waals surface area contributed by atoms with E-state index in [1.165, 1.54) is 0 Å². The highest BCUT2D eigenvalue weighted by atomic mass is 32.2. The monoisotopic (exact) mass is 297 g/mol. The maximum atomic E-state index is 12.5. The lowest BCUT2D eigenvalue weighted by molar-refractivity contribution is 0.601. The van der Waals surface area contributed by atoms with Crippen molar-refractivity contribution in [1.82, 2.24) is 4.31 Å². The first-order valence-electron chi connectivity index (χ1n) is 6.92. The first-order chi connectivity index (χ1) is 8.58. The molecule has 0 radical (unpaired) electrons. The number of hydrogen-bond acceptors (Lipinski definition) is 1. The van der Waals surface area contributed by atoms with Gasteiger partial charge in [-0.15, -0.1) is 5.54 Å². The van der Waals surface area contributed by atoms with Gasteiger partial charge >= 0.3 is 0 Å². The molecule has 19 heavy (non-hydrogen) atoms. The number of hydrogen-bond donors (Lipinski definition) is 0. The van der Waals surface area contributed by atoms with Gasteiger partial charge < -0.3 is 0 Å². The van der Waals surface area contributed by atoms with Gasteiger partial charge in [0.05, 0.1) is 16.8 Å². The predicted molar refractivity (Wildman–Crippen MR) is 87.9 cm³/mol. The molecule has 0 aliphatic carbocycles. The van der Waals surface area contributed by atoms with E-state index in [1.54, 1.807) is 0 Å². The van der Waals surface area contributed by atoms with Crippen LogP contribution in [0.15, 0.2) is 12.2 Å². The normalized spacial score (nSPS) is 28.9. The molecule has 4 heteroatoms. The van der Waals surface area contributed by atoms with Crippen molar-refractivity contribution >= 4 is 19.1 Å². The number of nitrogens with zero attached hydrogens (tertiary/aromatic N) is 1. The minimum absolute atomic E-state index is 0.183. The average Bonchev–Trinajstić information content (AvgIpc) is 2.93. The summed E-state index contributed by atoms with van der Waals surface area (Å²) in [5.41, 5.74) is 3.42. The third-order valence-corrected chi connectivity index (χ3v) is 5.62. The van der Waals surface area contributed by atoms with Crippen LogP contribution in [-0.2, 0) is 11.0 Å². The van der Waals surface area contributed by atoms with Crippen molar-refractivity contribution in [3.63, 3.8) is 0 Å². The molecule has 0 amide bonds. The van der Waals surface area contributed by atoms with Gasteiger partial charge in [0.2, 0.25) is 0 Å². The third kappa shape index (κ3) is 4.90. The molecule has 1 fully saturated rings. The van der Waals surface area contributed by atoms with Crippen LogP contribution in [-0.4, -0.2) is 33.4 Å². The standard InChI is InChI=1S/C15H27NOSSi/c1-8-9-10-13-14(11-12-19(5,6)7)16(13)18(17)15(2,3)4/h8-9,13-14H,10H2,1-7H3/b9-8+/t13-,14-,16?,18-/m1/s1. The first-order valence-corrected chi connectivity index (χ1v) is 11.5. The van der Waals surface area contributed by atoms with Crippen molar-refractivity contribution in [1.29, 1.82) is 0 Å². The minimum atomic E-state index is -1.36. The van der Waals surface area contributed by atoms with Gasteiger partial charge in [-0.3, -0.25) is 0 Å². The molecule has 0 aromatic rings. The van der Waals surface area contributed by atoms with Gasteiger partial charge in [0.25, 0.3) is 0 Å². The van der Waals surface area contributed by atoms with Gasteiger partial charge in [-0.25, -0.2) is 8.51 Å². The van der Waals surface area contributed by atoms with Crippen LogP contribution in [0.5, 0.6) is 0 Å². The Labute approximate surface area is 122 Å². The third-order valence-electron chi connectivity index (χ3n) is 2.80. The number of rotatable bonds is 3. The molecule has 1 saturated heterocycles. The Morgan fingerprint density at radius 3 is 2.32 bits per heavy atom. The molecule has 1 aliphatic heterocycles. The van der Waals surface area contributed by atoms with Crippen LogP contribution in [0.25, 0.3) is 0 Å². The molecule has 0 saturated carbocycles. The maximum Gasteiger partial charge on any atom is 0.129 e. The van der Waals surface area contributed by atoms with Gasteiger partial charge in [-0.2, -0.15) is 0 Å². The summed E-state index contributed by atoms with van der Waals surface area (Å²) in [6.07, 6.45) is 5.15. The second kappa shape index (κ2) is 5.95. The van der Waals surface area contributed by atoms with E-state index >= 15 is 0 Å². The van der Waals surface area contributed by atoms with Crippen molar-refractivity contribution < 1.29 is 4.21 Å². The fourth-order valence-electron chi connectivity index (χ4n) is 1.76. The Kier molecular flexibility index (Phi) is 5.22. The van der Waals surface area contributed by atoms with E-state index in [-0.39, 0.29) is 10.8 Å². The van der Waals surface area contributed by atoms with Crippen molar-refractivity contribution in [2.24, 2.45) is 0 Å². The SMILES string of the molecule is C/C=C/C[C@@H]1[C@@H](C#C[Si](C)(C)C)N1[S@](=O)C(C)(C)C. The van der Waals surface area contributed by atoms with Gasteiger partial charge in [0.15, 0.2) is 0 Å². The fourth-order valence-corrected chi connectivity index (χ4v) is 3.76. The summed E-state index contributed by atoms with van der Waals surface area (Å²) in [5.74, 6) is 3.37. The van der Waals surface area contributed by atoms with Crippen LogP contribution in [0.4, 0.5) is 0 Å². The topological polar surface area (TPSA) is 20.1 Å². The Balaban J connectivity index is 2.83. The van der Waals surface area contributed by atoms with E-state index in [1.807, 2.05) is 27.7 Å². The Morgan fingerprint density at radius 1 is 1.32 bits per heavy atom. The minimum Gasteiger partial charge on any atom is -0.242 e. The largest absolute Gasteiger partial charge is 0.242 e. The zero-order chi connectivity index (χ0) is 14.8. The molecule has 4 atom stereocenters. The Morgan fingerprint density at radius 2 is 1.89 bits per heavy atom. The Bertz CT molecular complexity index is 434. The van der Waals surface area contributed by atoms with Crippen molar-refractivity contribution in [2.45, 2.75) is 70.6 Å². The van der Waals surface area contributed by atoms with Crippen LogP contribution < -0.4 is 0 Å². The molecule has 0 aromatic heterocycles. The van der Waals surface area contributed by atoms with Gasteiger partial charge in [0, 0.05) is 0 Å². The first kappa shape index (κ1) is 16.7. The Hall–Kier alpha value is -0.373. The van der Waals surface area contributed by atoms with E-state index in [2.05, 4.69) is 47.6 Å². The van der Waals surface area contributed by atoms with E-state index in [4.69, 9.17) is 0 Å². The molecule has 0 spiro atoms. The van der Waals surface area contributed by atoms with Crippen LogP contribution in [0, 0.1) is 11.5 Å².